The van der Waals surface area contributed by atoms with E-state index in [0.29, 0.717) is 11.3 Å². The molecule has 4 nitrogen and oxygen atoms in total. The lowest BCUT2D eigenvalue weighted by molar-refractivity contribution is -0.113. The molecule has 2 rings (SSSR count). The van der Waals surface area contributed by atoms with Crippen LogP contribution in [0.3, 0.4) is 0 Å². The highest BCUT2D eigenvalue weighted by atomic mass is 16.1. The van der Waals surface area contributed by atoms with Gasteiger partial charge in [-0.1, -0.05) is 24.3 Å². The highest BCUT2D eigenvalue weighted by molar-refractivity contribution is 6.03. The molecule has 0 amide bonds. The van der Waals surface area contributed by atoms with Crippen LogP contribution < -0.4 is 17.2 Å². The molecular formula is C15H17N3O. The summed E-state index contributed by atoms with van der Waals surface area (Å²) >= 11 is 0. The lowest BCUT2D eigenvalue weighted by Crippen LogP contribution is -2.16. The zero-order valence-corrected chi connectivity index (χ0v) is 11.0. The van der Waals surface area contributed by atoms with E-state index in [1.54, 1.807) is 0 Å². The number of carbonyl (C=O) groups excluding carboxylic acids is 1. The van der Waals surface area contributed by atoms with Crippen molar-refractivity contribution in [2.24, 2.45) is 11.5 Å². The second-order valence-corrected chi connectivity index (χ2v) is 4.57. The summed E-state index contributed by atoms with van der Waals surface area (Å²) in [5, 5.41) is 2.08. The van der Waals surface area contributed by atoms with E-state index >= 15 is 0 Å². The summed E-state index contributed by atoms with van der Waals surface area (Å²) < 4.78 is 0. The molecule has 0 saturated heterocycles. The second-order valence-electron chi connectivity index (χ2n) is 4.57. The molecule has 19 heavy (non-hydrogen) atoms. The molecule has 0 spiro atoms. The fourth-order valence-corrected chi connectivity index (χ4v) is 2.24. The standard InChI is InChI=1S/C15H17N3O/c1-8-11-6-4-3-5-10(11)7-12(16)13(8)15(18)14(17)9(2)19/h3-7H,16-18H2,1-2H3/b15-14-. The maximum atomic E-state index is 11.3. The number of carbonyl (C=O) groups is 1. The van der Waals surface area contributed by atoms with Gasteiger partial charge in [-0.3, -0.25) is 4.79 Å². The van der Waals surface area contributed by atoms with E-state index in [9.17, 15) is 4.79 Å². The van der Waals surface area contributed by atoms with Gasteiger partial charge in [-0.15, -0.1) is 0 Å². The van der Waals surface area contributed by atoms with Crippen LogP contribution in [-0.2, 0) is 4.79 Å². The Morgan fingerprint density at radius 2 is 1.79 bits per heavy atom. The molecule has 0 aliphatic heterocycles. The van der Waals surface area contributed by atoms with Crippen LogP contribution in [0.15, 0.2) is 36.0 Å². The predicted octanol–water partition coefficient (Wildman–Crippen LogP) is 1.91. The van der Waals surface area contributed by atoms with Gasteiger partial charge >= 0.3 is 0 Å². The minimum Gasteiger partial charge on any atom is -0.398 e. The number of fused-ring (bicyclic) bond motifs is 1. The lowest BCUT2D eigenvalue weighted by atomic mass is 9.95. The Labute approximate surface area is 111 Å². The summed E-state index contributed by atoms with van der Waals surface area (Å²) in [7, 11) is 0. The maximum absolute atomic E-state index is 11.3. The van der Waals surface area contributed by atoms with Gasteiger partial charge in [0.25, 0.3) is 0 Å². The molecule has 0 radical (unpaired) electrons. The summed E-state index contributed by atoms with van der Waals surface area (Å²) in [4.78, 5) is 11.3. The Hall–Kier alpha value is -2.49. The summed E-state index contributed by atoms with van der Waals surface area (Å²) in [5.74, 6) is -0.260. The molecule has 98 valence electrons. The summed E-state index contributed by atoms with van der Waals surface area (Å²) in [5.41, 5.74) is 20.1. The normalized spacial score (nSPS) is 12.3. The van der Waals surface area contributed by atoms with Crippen molar-refractivity contribution >= 4 is 27.9 Å². The van der Waals surface area contributed by atoms with Crippen LogP contribution in [0.4, 0.5) is 5.69 Å². The van der Waals surface area contributed by atoms with Gasteiger partial charge in [-0.25, -0.2) is 0 Å². The third kappa shape index (κ3) is 2.12. The van der Waals surface area contributed by atoms with E-state index in [4.69, 9.17) is 17.2 Å². The van der Waals surface area contributed by atoms with Gasteiger partial charge in [0.05, 0.1) is 11.4 Å². The van der Waals surface area contributed by atoms with Gasteiger partial charge in [0, 0.05) is 18.2 Å². The first-order valence-corrected chi connectivity index (χ1v) is 5.97. The molecule has 0 heterocycles. The van der Waals surface area contributed by atoms with E-state index < -0.39 is 0 Å². The van der Waals surface area contributed by atoms with Crippen LogP contribution in [0.25, 0.3) is 16.5 Å². The Morgan fingerprint density at radius 1 is 1.16 bits per heavy atom. The van der Waals surface area contributed by atoms with Crippen molar-refractivity contribution in [3.8, 4) is 0 Å². The Balaban J connectivity index is 2.82. The largest absolute Gasteiger partial charge is 0.398 e. The third-order valence-corrected chi connectivity index (χ3v) is 3.28. The van der Waals surface area contributed by atoms with Crippen LogP contribution in [-0.4, -0.2) is 5.78 Å². The molecule has 0 fully saturated rings. The summed E-state index contributed by atoms with van der Waals surface area (Å²) in [6, 6.07) is 9.72. The zero-order valence-electron chi connectivity index (χ0n) is 11.0. The third-order valence-electron chi connectivity index (χ3n) is 3.28. The average molecular weight is 255 g/mol. The lowest BCUT2D eigenvalue weighted by Gasteiger charge is -2.14. The van der Waals surface area contributed by atoms with Crippen molar-refractivity contribution in [1.29, 1.82) is 0 Å². The van der Waals surface area contributed by atoms with Crippen LogP contribution >= 0.6 is 0 Å². The van der Waals surface area contributed by atoms with E-state index in [2.05, 4.69) is 0 Å². The molecule has 4 heteroatoms. The number of ketones is 1. The fourth-order valence-electron chi connectivity index (χ4n) is 2.24. The van der Waals surface area contributed by atoms with Crippen molar-refractivity contribution in [3.05, 3.63) is 47.2 Å². The van der Waals surface area contributed by atoms with Crippen LogP contribution in [0.2, 0.25) is 0 Å². The topological polar surface area (TPSA) is 95.1 Å². The second kappa shape index (κ2) is 4.65. The number of allylic oxidation sites excluding steroid dienone is 1. The number of rotatable bonds is 2. The van der Waals surface area contributed by atoms with Gasteiger partial charge in [0.2, 0.25) is 0 Å². The summed E-state index contributed by atoms with van der Waals surface area (Å²) in [6.07, 6.45) is 0. The van der Waals surface area contributed by atoms with Crippen molar-refractivity contribution < 1.29 is 4.79 Å². The Kier molecular flexibility index (Phi) is 3.17. The molecule has 2 aromatic rings. The molecule has 6 N–H and O–H groups in total. The van der Waals surface area contributed by atoms with E-state index in [1.807, 2.05) is 37.3 Å². The van der Waals surface area contributed by atoms with Crippen molar-refractivity contribution in [3.63, 3.8) is 0 Å². The maximum Gasteiger partial charge on any atom is 0.177 e. The molecule has 0 saturated carbocycles. The SMILES string of the molecule is CC(=O)/C(N)=C(/N)c1c(N)cc2ccccc2c1C. The number of hydrogen-bond acceptors (Lipinski definition) is 4. The monoisotopic (exact) mass is 255 g/mol. The highest BCUT2D eigenvalue weighted by Crippen LogP contribution is 2.30. The number of benzene rings is 2. The number of Topliss-reactive ketones (excluding diaryl/α,β-unsaturated/α-hetero) is 1. The van der Waals surface area contributed by atoms with Crippen molar-refractivity contribution in [2.45, 2.75) is 13.8 Å². The van der Waals surface area contributed by atoms with Crippen molar-refractivity contribution in [1.82, 2.24) is 0 Å². The highest BCUT2D eigenvalue weighted by Gasteiger charge is 2.14. The molecule has 0 unspecified atom stereocenters. The first-order chi connectivity index (χ1) is 8.93. The first-order valence-electron chi connectivity index (χ1n) is 5.97. The molecule has 0 bridgehead atoms. The molecule has 0 atom stereocenters. The van der Waals surface area contributed by atoms with Gasteiger partial charge < -0.3 is 17.2 Å². The summed E-state index contributed by atoms with van der Waals surface area (Å²) in [6.45, 7) is 3.31. The van der Waals surface area contributed by atoms with Crippen LogP contribution in [0, 0.1) is 6.92 Å². The predicted molar refractivity (Wildman–Crippen MR) is 79.1 cm³/mol. The molecule has 0 aromatic heterocycles. The van der Waals surface area contributed by atoms with Gasteiger partial charge in [-0.05, 0) is 29.3 Å². The number of hydrogen-bond donors (Lipinski definition) is 3. The number of anilines is 1. The minimum absolute atomic E-state index is 0.0464. The average Bonchev–Trinajstić information content (AvgIpc) is 2.37. The Morgan fingerprint density at radius 3 is 2.42 bits per heavy atom. The molecule has 0 aliphatic carbocycles. The molecule has 2 aromatic carbocycles. The van der Waals surface area contributed by atoms with Crippen LogP contribution in [0.1, 0.15) is 18.1 Å². The van der Waals surface area contributed by atoms with Crippen molar-refractivity contribution in [2.75, 3.05) is 5.73 Å². The van der Waals surface area contributed by atoms with E-state index in [-0.39, 0.29) is 17.2 Å². The zero-order chi connectivity index (χ0) is 14.2. The Bertz CT molecular complexity index is 702. The van der Waals surface area contributed by atoms with Crippen LogP contribution in [0.5, 0.6) is 0 Å². The van der Waals surface area contributed by atoms with Gasteiger partial charge in [0.15, 0.2) is 5.78 Å². The minimum atomic E-state index is -0.260. The molecular weight excluding hydrogens is 238 g/mol. The quantitative estimate of drug-likeness (QED) is 0.564. The number of aryl methyl sites for hydroxylation is 1. The molecule has 0 aliphatic rings. The smallest absolute Gasteiger partial charge is 0.177 e. The van der Waals surface area contributed by atoms with Gasteiger partial charge in [0.1, 0.15) is 0 Å². The number of nitrogens with two attached hydrogens (primary N) is 3. The van der Waals surface area contributed by atoms with E-state index in [1.165, 1.54) is 6.92 Å². The van der Waals surface area contributed by atoms with E-state index in [0.717, 1.165) is 16.3 Å². The first kappa shape index (κ1) is 13.0. The van der Waals surface area contributed by atoms with Gasteiger partial charge in [-0.2, -0.15) is 0 Å². The number of nitrogen functional groups attached to an aromatic ring is 1. The fraction of sp³-hybridized carbons (Fsp3) is 0.133.